The Labute approximate surface area is 123 Å². The number of alkyl halides is 2. The number of nitrogens with two attached hydrogens (primary N) is 1. The van der Waals surface area contributed by atoms with Crippen molar-refractivity contribution in [2.45, 2.75) is 43.9 Å². The van der Waals surface area contributed by atoms with Crippen LogP contribution in [0.25, 0.3) is 0 Å². The molecular weight excluding hydrogens is 280 g/mol. The van der Waals surface area contributed by atoms with Crippen LogP contribution in [0.3, 0.4) is 0 Å². The highest BCUT2D eigenvalue weighted by Gasteiger charge is 2.35. The summed E-state index contributed by atoms with van der Waals surface area (Å²) in [7, 11) is 0. The fourth-order valence-corrected chi connectivity index (χ4v) is 2.99. The Hall–Kier alpha value is -1.09. The first-order chi connectivity index (χ1) is 9.37. The first-order valence-corrected chi connectivity index (χ1v) is 7.33. The lowest BCUT2D eigenvalue weighted by molar-refractivity contribution is -0.0468. The van der Waals surface area contributed by atoms with Gasteiger partial charge in [0.25, 0.3) is 0 Å². The molecule has 1 nitrogen and oxygen atoms in total. The van der Waals surface area contributed by atoms with Crippen molar-refractivity contribution in [3.05, 3.63) is 47.1 Å². The largest absolute Gasteiger partial charge is 0.402 e. The molecule has 1 aromatic carbocycles. The average Bonchev–Trinajstić information content (AvgIpc) is 2.38. The molecule has 0 radical (unpaired) electrons. The molecule has 110 valence electrons. The van der Waals surface area contributed by atoms with Crippen LogP contribution in [0.4, 0.5) is 8.78 Å². The van der Waals surface area contributed by atoms with Gasteiger partial charge in [-0.2, -0.15) is 0 Å². The lowest BCUT2D eigenvalue weighted by atomic mass is 9.78. The quantitative estimate of drug-likeness (QED) is 0.821. The topological polar surface area (TPSA) is 26.0 Å². The number of benzene rings is 1. The maximum absolute atomic E-state index is 13.2. The van der Waals surface area contributed by atoms with Gasteiger partial charge in [-0.3, -0.25) is 0 Å². The first kappa shape index (κ1) is 15.3. The van der Waals surface area contributed by atoms with Crippen LogP contribution in [0.15, 0.2) is 36.5 Å². The molecule has 4 heteroatoms. The Morgan fingerprint density at radius 2 is 1.85 bits per heavy atom. The fraction of sp³-hybridized carbons (Fsp3) is 0.500. The molecule has 1 saturated carbocycles. The van der Waals surface area contributed by atoms with Crippen LogP contribution in [-0.4, -0.2) is 5.92 Å². The van der Waals surface area contributed by atoms with E-state index in [1.54, 1.807) is 0 Å². The molecule has 1 aliphatic rings. The number of allylic oxidation sites excluding steroid dienone is 1. The maximum atomic E-state index is 13.2. The van der Waals surface area contributed by atoms with Crippen molar-refractivity contribution in [3.63, 3.8) is 0 Å². The van der Waals surface area contributed by atoms with Crippen LogP contribution in [0.2, 0.25) is 5.02 Å². The van der Waals surface area contributed by atoms with Gasteiger partial charge < -0.3 is 5.73 Å². The summed E-state index contributed by atoms with van der Waals surface area (Å²) in [6.07, 6.45) is 1.88. The summed E-state index contributed by atoms with van der Waals surface area (Å²) in [5.41, 5.74) is 7.54. The van der Waals surface area contributed by atoms with Crippen molar-refractivity contribution in [3.8, 4) is 0 Å². The molecule has 0 aliphatic heterocycles. The van der Waals surface area contributed by atoms with Crippen LogP contribution in [0, 0.1) is 5.92 Å². The molecule has 0 saturated heterocycles. The summed E-state index contributed by atoms with van der Waals surface area (Å²) >= 11 is 5.88. The summed E-state index contributed by atoms with van der Waals surface area (Å²) in [6, 6.07) is 7.51. The van der Waals surface area contributed by atoms with Crippen molar-refractivity contribution in [2.75, 3.05) is 0 Å². The molecule has 0 aromatic heterocycles. The van der Waals surface area contributed by atoms with Gasteiger partial charge in [-0.1, -0.05) is 30.3 Å². The Morgan fingerprint density at radius 1 is 1.30 bits per heavy atom. The second-order valence-electron chi connectivity index (χ2n) is 5.71. The standard InChI is InChI=1S/C16H20ClF2N/c1-11(20)15(13-2-4-14(17)5-3-13)10-12-6-8-16(18,19)9-7-12/h2-5,12,15H,1,6-10,20H2. The van der Waals surface area contributed by atoms with Gasteiger partial charge in [-0.25, -0.2) is 8.78 Å². The van der Waals surface area contributed by atoms with Gasteiger partial charge in [0.1, 0.15) is 0 Å². The molecule has 2 N–H and O–H groups in total. The Balaban J connectivity index is 2.04. The molecule has 0 heterocycles. The first-order valence-electron chi connectivity index (χ1n) is 6.95. The third kappa shape index (κ3) is 3.95. The molecule has 0 amide bonds. The number of rotatable bonds is 4. The van der Waals surface area contributed by atoms with Crippen molar-refractivity contribution >= 4 is 11.6 Å². The minimum atomic E-state index is -2.48. The van der Waals surface area contributed by atoms with Crippen molar-refractivity contribution in [2.24, 2.45) is 11.7 Å². The third-order valence-electron chi connectivity index (χ3n) is 4.13. The van der Waals surface area contributed by atoms with Crippen LogP contribution >= 0.6 is 11.6 Å². The normalized spacial score (nSPS) is 20.6. The Morgan fingerprint density at radius 3 is 2.35 bits per heavy atom. The lowest BCUT2D eigenvalue weighted by Crippen LogP contribution is -2.26. The van der Waals surface area contributed by atoms with E-state index in [1.165, 1.54) is 0 Å². The van der Waals surface area contributed by atoms with E-state index in [-0.39, 0.29) is 24.7 Å². The predicted octanol–water partition coefficient (Wildman–Crippen LogP) is 5.11. The molecule has 2 rings (SSSR count). The highest BCUT2D eigenvalue weighted by Crippen LogP contribution is 2.41. The van der Waals surface area contributed by atoms with Crippen LogP contribution in [-0.2, 0) is 0 Å². The second kappa shape index (κ2) is 6.13. The van der Waals surface area contributed by atoms with Gasteiger partial charge in [0.05, 0.1) is 0 Å². The summed E-state index contributed by atoms with van der Waals surface area (Å²) in [5.74, 6) is -2.17. The summed E-state index contributed by atoms with van der Waals surface area (Å²) in [4.78, 5) is 0. The Bertz CT molecular complexity index is 460. The van der Waals surface area contributed by atoms with E-state index >= 15 is 0 Å². The molecule has 1 fully saturated rings. The van der Waals surface area contributed by atoms with Crippen LogP contribution < -0.4 is 5.73 Å². The molecule has 1 aromatic rings. The van der Waals surface area contributed by atoms with Crippen LogP contribution in [0.5, 0.6) is 0 Å². The number of hydrogen-bond donors (Lipinski definition) is 1. The highest BCUT2D eigenvalue weighted by atomic mass is 35.5. The Kier molecular flexibility index (Phi) is 4.69. The molecule has 20 heavy (non-hydrogen) atoms. The van der Waals surface area contributed by atoms with E-state index < -0.39 is 5.92 Å². The molecule has 1 atom stereocenters. The van der Waals surface area contributed by atoms with Gasteiger partial charge in [0.15, 0.2) is 0 Å². The minimum Gasteiger partial charge on any atom is -0.402 e. The lowest BCUT2D eigenvalue weighted by Gasteiger charge is -2.31. The molecule has 1 unspecified atom stereocenters. The fourth-order valence-electron chi connectivity index (χ4n) is 2.87. The summed E-state index contributed by atoms with van der Waals surface area (Å²) in [5, 5.41) is 0.674. The predicted molar refractivity (Wildman–Crippen MR) is 79.0 cm³/mol. The zero-order valence-corrected chi connectivity index (χ0v) is 12.2. The van der Waals surface area contributed by atoms with E-state index in [4.69, 9.17) is 17.3 Å². The van der Waals surface area contributed by atoms with Crippen molar-refractivity contribution in [1.82, 2.24) is 0 Å². The van der Waals surface area contributed by atoms with Crippen molar-refractivity contribution in [1.29, 1.82) is 0 Å². The van der Waals surface area contributed by atoms with Gasteiger partial charge in [0.2, 0.25) is 5.92 Å². The van der Waals surface area contributed by atoms with E-state index in [1.807, 2.05) is 24.3 Å². The average molecular weight is 300 g/mol. The molecule has 1 aliphatic carbocycles. The van der Waals surface area contributed by atoms with Crippen molar-refractivity contribution < 1.29 is 8.78 Å². The van der Waals surface area contributed by atoms with Gasteiger partial charge in [-0.15, -0.1) is 0 Å². The van der Waals surface area contributed by atoms with Gasteiger partial charge in [-0.05, 0) is 42.9 Å². The van der Waals surface area contributed by atoms with E-state index in [9.17, 15) is 8.78 Å². The minimum absolute atomic E-state index is 0.0119. The maximum Gasteiger partial charge on any atom is 0.248 e. The summed E-state index contributed by atoms with van der Waals surface area (Å²) in [6.45, 7) is 3.85. The van der Waals surface area contributed by atoms with Crippen LogP contribution in [0.1, 0.15) is 43.6 Å². The smallest absolute Gasteiger partial charge is 0.248 e. The third-order valence-corrected chi connectivity index (χ3v) is 4.38. The van der Waals surface area contributed by atoms with E-state index in [0.717, 1.165) is 12.0 Å². The molecule has 0 bridgehead atoms. The zero-order valence-electron chi connectivity index (χ0n) is 11.4. The van der Waals surface area contributed by atoms with Gasteiger partial charge in [0, 0.05) is 29.5 Å². The second-order valence-corrected chi connectivity index (χ2v) is 6.15. The number of halogens is 3. The van der Waals surface area contributed by atoms with E-state index in [0.29, 0.717) is 23.6 Å². The van der Waals surface area contributed by atoms with Gasteiger partial charge >= 0.3 is 0 Å². The summed E-state index contributed by atoms with van der Waals surface area (Å²) < 4.78 is 26.4. The highest BCUT2D eigenvalue weighted by molar-refractivity contribution is 6.30. The molecular formula is C16H20ClF2N. The zero-order chi connectivity index (χ0) is 14.8. The number of hydrogen-bond acceptors (Lipinski definition) is 1. The van der Waals surface area contributed by atoms with E-state index in [2.05, 4.69) is 6.58 Å². The molecule has 0 spiro atoms. The SMILES string of the molecule is C=C(N)C(CC1CCC(F)(F)CC1)c1ccc(Cl)cc1. The monoisotopic (exact) mass is 299 g/mol.